The van der Waals surface area contributed by atoms with Crippen molar-refractivity contribution in [3.63, 3.8) is 0 Å². The number of aliphatic imine (C=N–C) groups is 2. The predicted octanol–water partition coefficient (Wildman–Crippen LogP) is 13.2. The molecule has 3 aromatic heterocycles. The number of rotatable bonds is 5. The van der Waals surface area contributed by atoms with E-state index in [-0.39, 0.29) is 6.17 Å². The molecule has 0 radical (unpaired) electrons. The normalized spacial score (nSPS) is 14.5. The Labute approximate surface area is 326 Å². The second kappa shape index (κ2) is 12.4. The first-order valence-electron chi connectivity index (χ1n) is 19.1. The Balaban J connectivity index is 1.15. The van der Waals surface area contributed by atoms with Crippen LogP contribution in [0.5, 0.6) is 0 Å². The lowest BCUT2D eigenvalue weighted by Gasteiger charge is -2.24. The van der Waals surface area contributed by atoms with Gasteiger partial charge in [-0.15, -0.1) is 0 Å². The van der Waals surface area contributed by atoms with Crippen LogP contribution in [0.1, 0.15) is 22.9 Å². The Morgan fingerprint density at radius 2 is 0.947 bits per heavy atom. The highest BCUT2D eigenvalue weighted by atomic mass is 16.3. The fourth-order valence-electron chi connectivity index (χ4n) is 8.52. The summed E-state index contributed by atoms with van der Waals surface area (Å²) in [5.41, 5.74) is 11.6. The van der Waals surface area contributed by atoms with Crippen LogP contribution >= 0.6 is 0 Å². The monoisotopic (exact) mass is 733 g/mol. The van der Waals surface area contributed by atoms with Crippen LogP contribution in [0.15, 0.2) is 199 Å². The maximum Gasteiger partial charge on any atom is 0.159 e. The van der Waals surface area contributed by atoms with E-state index in [2.05, 4.69) is 108 Å². The third-order valence-electron chi connectivity index (χ3n) is 11.2. The average Bonchev–Trinajstić information content (AvgIpc) is 3.98. The van der Waals surface area contributed by atoms with Gasteiger partial charge in [-0.25, -0.2) is 9.98 Å². The Bertz CT molecular complexity index is 3440. The van der Waals surface area contributed by atoms with Crippen LogP contribution in [0, 0.1) is 0 Å². The Hall–Kier alpha value is -7.70. The van der Waals surface area contributed by atoms with Gasteiger partial charge in [-0.1, -0.05) is 146 Å². The first-order valence-corrected chi connectivity index (χ1v) is 19.1. The van der Waals surface area contributed by atoms with Crippen molar-refractivity contribution in [2.45, 2.75) is 6.17 Å². The highest BCUT2D eigenvalue weighted by Crippen LogP contribution is 2.46. The van der Waals surface area contributed by atoms with Crippen LogP contribution in [-0.2, 0) is 0 Å². The number of furan rings is 3. The van der Waals surface area contributed by atoms with Crippen LogP contribution in [-0.4, -0.2) is 11.7 Å². The summed E-state index contributed by atoms with van der Waals surface area (Å²) in [7, 11) is 0. The molecular weight excluding hydrogens is 703 g/mol. The molecule has 0 saturated heterocycles. The highest BCUT2D eigenvalue weighted by Gasteiger charge is 2.26. The first kappa shape index (κ1) is 31.6. The van der Waals surface area contributed by atoms with Gasteiger partial charge < -0.3 is 18.6 Å². The summed E-state index contributed by atoms with van der Waals surface area (Å²) in [5.74, 6) is 1.38. The summed E-state index contributed by atoms with van der Waals surface area (Å²) < 4.78 is 20.2. The van der Waals surface area contributed by atoms with Gasteiger partial charge in [0.15, 0.2) is 5.84 Å². The zero-order chi connectivity index (χ0) is 37.5. The van der Waals surface area contributed by atoms with E-state index in [1.54, 1.807) is 0 Å². The van der Waals surface area contributed by atoms with Gasteiger partial charge in [0.05, 0.1) is 0 Å². The van der Waals surface area contributed by atoms with Gasteiger partial charge in [0, 0.05) is 60.1 Å². The van der Waals surface area contributed by atoms with Crippen molar-refractivity contribution in [1.29, 1.82) is 0 Å². The molecule has 0 saturated carbocycles. The molecule has 1 unspecified atom stereocenters. The Kier molecular flexibility index (Phi) is 6.89. The smallest absolute Gasteiger partial charge is 0.159 e. The predicted molar refractivity (Wildman–Crippen MR) is 231 cm³/mol. The Morgan fingerprint density at radius 1 is 0.404 bits per heavy atom. The van der Waals surface area contributed by atoms with E-state index in [1.807, 2.05) is 72.8 Å². The molecule has 0 aliphatic carbocycles. The lowest BCUT2D eigenvalue weighted by Crippen LogP contribution is -2.33. The van der Waals surface area contributed by atoms with Gasteiger partial charge in [0.2, 0.25) is 0 Å². The molecule has 12 rings (SSSR count). The molecule has 0 amide bonds. The minimum Gasteiger partial charge on any atom is -0.455 e. The number of hydrogen-bond donors (Lipinski definition) is 1. The summed E-state index contributed by atoms with van der Waals surface area (Å²) >= 11 is 0. The molecule has 268 valence electrons. The van der Waals surface area contributed by atoms with E-state index < -0.39 is 0 Å². The third-order valence-corrected chi connectivity index (χ3v) is 11.2. The van der Waals surface area contributed by atoms with Crippen molar-refractivity contribution in [2.24, 2.45) is 9.98 Å². The van der Waals surface area contributed by atoms with Crippen LogP contribution < -0.4 is 5.32 Å². The number of nitrogens with zero attached hydrogens (tertiary/aromatic N) is 2. The standard InChI is InChI=1S/C51H31N3O3/c1-3-14-30(15-4-1)49-52-50(31-16-5-2-6-17-31)54-51(53-49)39-24-13-27-44-45(39)41-29-32(33-20-11-21-36-34-18-7-9-25-42(34)55-46(33)36)28-40(48(41)57-44)38-23-12-22-37-35-19-8-10-26-43(35)56-47(37)38/h1-29,49H,(H,52,53,54). The van der Waals surface area contributed by atoms with Crippen LogP contribution in [0.2, 0.25) is 0 Å². The zero-order valence-electron chi connectivity index (χ0n) is 30.4. The summed E-state index contributed by atoms with van der Waals surface area (Å²) in [4.78, 5) is 10.3. The van der Waals surface area contributed by atoms with E-state index in [4.69, 9.17) is 23.2 Å². The number of amidine groups is 2. The van der Waals surface area contributed by atoms with Crippen LogP contribution in [0.25, 0.3) is 88.1 Å². The average molecular weight is 734 g/mol. The van der Waals surface area contributed by atoms with Crippen molar-refractivity contribution in [1.82, 2.24) is 5.32 Å². The summed E-state index contributed by atoms with van der Waals surface area (Å²) in [5, 5.41) is 9.89. The molecular formula is C51H31N3O3. The number of fused-ring (bicyclic) bond motifs is 9. The van der Waals surface area contributed by atoms with E-state index in [1.165, 1.54) is 0 Å². The van der Waals surface area contributed by atoms with Crippen LogP contribution in [0.4, 0.5) is 0 Å². The third kappa shape index (κ3) is 4.97. The maximum atomic E-state index is 6.96. The van der Waals surface area contributed by atoms with Crippen molar-refractivity contribution >= 4 is 77.5 Å². The van der Waals surface area contributed by atoms with Gasteiger partial charge in [0.25, 0.3) is 0 Å². The second-order valence-electron chi connectivity index (χ2n) is 14.5. The summed E-state index contributed by atoms with van der Waals surface area (Å²) in [6.07, 6.45) is -0.343. The van der Waals surface area contributed by atoms with Crippen molar-refractivity contribution in [3.05, 3.63) is 193 Å². The van der Waals surface area contributed by atoms with Gasteiger partial charge >= 0.3 is 0 Å². The lowest BCUT2D eigenvalue weighted by molar-refractivity contribution is 0.664. The number of para-hydroxylation sites is 4. The lowest BCUT2D eigenvalue weighted by atomic mass is 9.93. The summed E-state index contributed by atoms with van der Waals surface area (Å²) in [6, 6.07) is 60.2. The minimum atomic E-state index is -0.343. The molecule has 4 heterocycles. The zero-order valence-corrected chi connectivity index (χ0v) is 30.4. The van der Waals surface area contributed by atoms with Gasteiger partial charge in [0.1, 0.15) is 45.5 Å². The van der Waals surface area contributed by atoms with Crippen molar-refractivity contribution < 1.29 is 13.3 Å². The largest absolute Gasteiger partial charge is 0.455 e. The molecule has 1 aliphatic heterocycles. The number of hydrogen-bond acceptors (Lipinski definition) is 6. The summed E-state index contributed by atoms with van der Waals surface area (Å²) in [6.45, 7) is 0. The molecule has 0 fully saturated rings. The molecule has 0 spiro atoms. The SMILES string of the molecule is c1ccc(C2=NC(c3ccccc3)NC(c3cccc4oc5c(-c6cccc7c6oc6ccccc67)cc(-c6cccc7c6oc6ccccc67)cc5c34)=N2)cc1. The van der Waals surface area contributed by atoms with E-state index in [0.29, 0.717) is 5.84 Å². The highest BCUT2D eigenvalue weighted by molar-refractivity contribution is 6.24. The molecule has 6 nitrogen and oxygen atoms in total. The molecule has 8 aromatic carbocycles. The van der Waals surface area contributed by atoms with Crippen LogP contribution in [0.3, 0.4) is 0 Å². The first-order chi connectivity index (χ1) is 28.2. The van der Waals surface area contributed by atoms with Crippen molar-refractivity contribution in [3.8, 4) is 22.3 Å². The number of benzene rings is 8. The van der Waals surface area contributed by atoms with E-state index >= 15 is 0 Å². The molecule has 1 N–H and O–H groups in total. The van der Waals surface area contributed by atoms with Gasteiger partial charge in [-0.3, -0.25) is 0 Å². The fourth-order valence-corrected chi connectivity index (χ4v) is 8.52. The topological polar surface area (TPSA) is 76.2 Å². The van der Waals surface area contributed by atoms with Gasteiger partial charge in [-0.05, 0) is 41.5 Å². The van der Waals surface area contributed by atoms with E-state index in [0.717, 1.165) is 111 Å². The fraction of sp³-hybridized carbons (Fsp3) is 0.0196. The maximum absolute atomic E-state index is 6.96. The molecule has 6 heteroatoms. The second-order valence-corrected chi connectivity index (χ2v) is 14.5. The molecule has 11 aromatic rings. The quantitative estimate of drug-likeness (QED) is 0.191. The van der Waals surface area contributed by atoms with Gasteiger partial charge in [-0.2, -0.15) is 0 Å². The molecule has 1 atom stereocenters. The molecule has 1 aliphatic rings. The molecule has 0 bridgehead atoms. The Morgan fingerprint density at radius 3 is 1.68 bits per heavy atom. The minimum absolute atomic E-state index is 0.343. The van der Waals surface area contributed by atoms with E-state index in [9.17, 15) is 0 Å². The molecule has 57 heavy (non-hydrogen) atoms. The number of nitrogens with one attached hydrogen (secondary N) is 1. The van der Waals surface area contributed by atoms with Crippen molar-refractivity contribution in [2.75, 3.05) is 0 Å².